The average molecular weight is 268 g/mol. The molecule has 96 valence electrons. The molecule has 0 saturated carbocycles. The highest BCUT2D eigenvalue weighted by Gasteiger charge is 2.34. The summed E-state index contributed by atoms with van der Waals surface area (Å²) < 4.78 is 10.3. The number of rotatable bonds is 4. The zero-order valence-corrected chi connectivity index (χ0v) is 11.0. The molecule has 2 rings (SSSR count). The highest BCUT2D eigenvalue weighted by Crippen LogP contribution is 2.28. The van der Waals surface area contributed by atoms with Crippen LogP contribution in [0.5, 0.6) is 0 Å². The van der Waals surface area contributed by atoms with Gasteiger partial charge in [0.15, 0.2) is 5.03 Å². The van der Waals surface area contributed by atoms with Crippen molar-refractivity contribution in [1.82, 2.24) is 0 Å². The number of anilines is 1. The van der Waals surface area contributed by atoms with Crippen molar-refractivity contribution in [2.75, 3.05) is 11.9 Å². The number of nitrogens with one attached hydrogen (secondary N) is 1. The molecule has 5 heteroatoms. The molecule has 1 atom stereocenters. The quantitative estimate of drug-likeness (QED) is 0.852. The van der Waals surface area contributed by atoms with Gasteiger partial charge in [-0.05, 0) is 31.5 Å². The van der Waals surface area contributed by atoms with Crippen molar-refractivity contribution in [2.45, 2.75) is 20.1 Å². The van der Waals surface area contributed by atoms with Crippen LogP contribution in [0.15, 0.2) is 35.0 Å². The first-order valence-corrected chi connectivity index (χ1v) is 6.05. The number of benzene rings is 1. The molecule has 0 aliphatic carbocycles. The predicted octanol–water partition coefficient (Wildman–Crippen LogP) is 2.78. The van der Waals surface area contributed by atoms with E-state index in [0.29, 0.717) is 12.3 Å². The molecular formula is C13H14ClNO3. The number of ether oxygens (including phenoxy) is 2. The molecule has 0 saturated heterocycles. The second-order valence-electron chi connectivity index (χ2n) is 3.91. The lowest BCUT2D eigenvalue weighted by molar-refractivity contribution is -0.158. The Kier molecular flexibility index (Phi) is 3.89. The molecule has 0 fully saturated rings. The molecule has 1 aromatic rings. The van der Waals surface area contributed by atoms with Crippen LogP contribution in [0.3, 0.4) is 0 Å². The SMILES string of the molecule is CCO[C@@H]1OC(=O)C(Cl)=C1Nc1cccc(C)c1. The highest BCUT2D eigenvalue weighted by molar-refractivity contribution is 6.42. The summed E-state index contributed by atoms with van der Waals surface area (Å²) in [4.78, 5) is 11.4. The summed E-state index contributed by atoms with van der Waals surface area (Å²) in [5.74, 6) is -0.565. The Bertz CT molecular complexity index is 499. The normalized spacial score (nSPS) is 19.1. The van der Waals surface area contributed by atoms with Crippen LogP contribution in [0.25, 0.3) is 0 Å². The van der Waals surface area contributed by atoms with Crippen LogP contribution < -0.4 is 5.32 Å². The van der Waals surface area contributed by atoms with Crippen LogP contribution in [0.2, 0.25) is 0 Å². The zero-order valence-electron chi connectivity index (χ0n) is 10.2. The maximum absolute atomic E-state index is 11.4. The van der Waals surface area contributed by atoms with Crippen LogP contribution in [-0.4, -0.2) is 18.9 Å². The lowest BCUT2D eigenvalue weighted by atomic mass is 10.2. The first-order valence-electron chi connectivity index (χ1n) is 5.67. The smallest absolute Gasteiger partial charge is 0.354 e. The van der Waals surface area contributed by atoms with Crippen molar-refractivity contribution in [2.24, 2.45) is 0 Å². The molecule has 0 amide bonds. The van der Waals surface area contributed by atoms with Gasteiger partial charge in [0.2, 0.25) is 6.29 Å². The van der Waals surface area contributed by atoms with Crippen LogP contribution in [0.4, 0.5) is 5.69 Å². The molecule has 1 aromatic carbocycles. The summed E-state index contributed by atoms with van der Waals surface area (Å²) in [6, 6.07) is 7.73. The number of halogens is 1. The number of aryl methyl sites for hydroxylation is 1. The molecule has 0 aromatic heterocycles. The van der Waals surface area contributed by atoms with Gasteiger partial charge in [0.05, 0.1) is 0 Å². The minimum Gasteiger partial charge on any atom is -0.425 e. The zero-order chi connectivity index (χ0) is 13.1. The van der Waals surface area contributed by atoms with Crippen LogP contribution in [0, 0.1) is 6.92 Å². The summed E-state index contributed by atoms with van der Waals surface area (Å²) in [6.07, 6.45) is -0.754. The highest BCUT2D eigenvalue weighted by atomic mass is 35.5. The van der Waals surface area contributed by atoms with Gasteiger partial charge in [0.1, 0.15) is 5.70 Å². The molecule has 4 nitrogen and oxygen atoms in total. The average Bonchev–Trinajstić information content (AvgIpc) is 2.58. The van der Waals surface area contributed by atoms with E-state index in [1.165, 1.54) is 0 Å². The summed E-state index contributed by atoms with van der Waals surface area (Å²) in [5.41, 5.74) is 2.40. The number of carbonyl (C=O) groups excluding carboxylic acids is 1. The Balaban J connectivity index is 2.22. The Morgan fingerprint density at radius 3 is 2.94 bits per heavy atom. The summed E-state index contributed by atoms with van der Waals surface area (Å²) >= 11 is 5.91. The van der Waals surface area contributed by atoms with Crippen molar-refractivity contribution in [1.29, 1.82) is 0 Å². The maximum atomic E-state index is 11.4. The molecule has 0 spiro atoms. The van der Waals surface area contributed by atoms with Gasteiger partial charge >= 0.3 is 5.97 Å². The van der Waals surface area contributed by atoms with Gasteiger partial charge in [-0.3, -0.25) is 0 Å². The summed E-state index contributed by atoms with van der Waals surface area (Å²) in [7, 11) is 0. The van der Waals surface area contributed by atoms with Crippen molar-refractivity contribution in [3.63, 3.8) is 0 Å². The molecule has 1 aliphatic heterocycles. The third kappa shape index (κ3) is 2.66. The van der Waals surface area contributed by atoms with Gasteiger partial charge in [0.25, 0.3) is 0 Å². The Labute approximate surface area is 111 Å². The predicted molar refractivity (Wildman–Crippen MR) is 69.2 cm³/mol. The van der Waals surface area contributed by atoms with E-state index in [9.17, 15) is 4.79 Å². The van der Waals surface area contributed by atoms with Crippen LogP contribution in [-0.2, 0) is 14.3 Å². The lowest BCUT2D eigenvalue weighted by Crippen LogP contribution is -2.20. The number of hydrogen-bond donors (Lipinski definition) is 1. The van der Waals surface area contributed by atoms with E-state index >= 15 is 0 Å². The van der Waals surface area contributed by atoms with Crippen molar-refractivity contribution in [3.05, 3.63) is 40.6 Å². The largest absolute Gasteiger partial charge is 0.425 e. The number of hydrogen-bond acceptors (Lipinski definition) is 4. The first-order chi connectivity index (χ1) is 8.61. The van der Waals surface area contributed by atoms with Crippen LogP contribution in [0.1, 0.15) is 12.5 Å². The number of esters is 1. The van der Waals surface area contributed by atoms with E-state index in [2.05, 4.69) is 5.32 Å². The van der Waals surface area contributed by atoms with Gasteiger partial charge in [-0.15, -0.1) is 0 Å². The van der Waals surface area contributed by atoms with E-state index in [0.717, 1.165) is 11.3 Å². The summed E-state index contributed by atoms with van der Waals surface area (Å²) in [5, 5.41) is 3.11. The topological polar surface area (TPSA) is 47.6 Å². The number of carbonyl (C=O) groups is 1. The fourth-order valence-electron chi connectivity index (χ4n) is 1.68. The fourth-order valence-corrected chi connectivity index (χ4v) is 1.86. The molecule has 1 N–H and O–H groups in total. The standard InChI is InChI=1S/C13H14ClNO3/c1-3-17-13-11(10(14)12(16)18-13)15-9-6-4-5-8(2)7-9/h4-7,13,15H,3H2,1-2H3/t13-/m1/s1. The van der Waals surface area contributed by atoms with E-state index < -0.39 is 12.3 Å². The Morgan fingerprint density at radius 1 is 1.50 bits per heavy atom. The minimum atomic E-state index is -0.754. The van der Waals surface area contributed by atoms with Gasteiger partial charge < -0.3 is 14.8 Å². The summed E-state index contributed by atoms with van der Waals surface area (Å²) in [6.45, 7) is 4.24. The molecule has 0 bridgehead atoms. The maximum Gasteiger partial charge on any atom is 0.354 e. The van der Waals surface area contributed by atoms with Gasteiger partial charge in [-0.1, -0.05) is 23.7 Å². The first kappa shape index (κ1) is 12.9. The third-order valence-corrected chi connectivity index (χ3v) is 2.84. The van der Waals surface area contributed by atoms with Crippen molar-refractivity contribution >= 4 is 23.3 Å². The van der Waals surface area contributed by atoms with Crippen molar-refractivity contribution in [3.8, 4) is 0 Å². The minimum absolute atomic E-state index is 0.0370. The van der Waals surface area contributed by atoms with E-state index in [1.54, 1.807) is 0 Å². The van der Waals surface area contributed by atoms with Crippen molar-refractivity contribution < 1.29 is 14.3 Å². The van der Waals surface area contributed by atoms with E-state index in [-0.39, 0.29) is 5.03 Å². The molecule has 0 unspecified atom stereocenters. The van der Waals surface area contributed by atoms with Crippen LogP contribution >= 0.6 is 11.6 Å². The molecule has 18 heavy (non-hydrogen) atoms. The third-order valence-electron chi connectivity index (χ3n) is 2.48. The van der Waals surface area contributed by atoms with E-state index in [1.807, 2.05) is 38.1 Å². The second kappa shape index (κ2) is 5.42. The number of cyclic esters (lactones) is 1. The lowest BCUT2D eigenvalue weighted by Gasteiger charge is -2.15. The molecule has 1 aliphatic rings. The van der Waals surface area contributed by atoms with Gasteiger partial charge in [-0.2, -0.15) is 0 Å². The molecule has 0 radical (unpaired) electrons. The van der Waals surface area contributed by atoms with Gasteiger partial charge in [-0.25, -0.2) is 4.79 Å². The molecule has 1 heterocycles. The van der Waals surface area contributed by atoms with E-state index in [4.69, 9.17) is 21.1 Å². The second-order valence-corrected chi connectivity index (χ2v) is 4.29. The fraction of sp³-hybridized carbons (Fsp3) is 0.308. The Hall–Kier alpha value is -1.52. The monoisotopic (exact) mass is 267 g/mol. The Morgan fingerprint density at radius 2 is 2.28 bits per heavy atom. The van der Waals surface area contributed by atoms with Gasteiger partial charge in [0, 0.05) is 12.3 Å². The molecular weight excluding hydrogens is 254 g/mol.